The zero-order valence-electron chi connectivity index (χ0n) is 14.8. The largest absolute Gasteiger partial charge is 0.346 e. The molecular formula is C18H28N4O2. The van der Waals surface area contributed by atoms with E-state index in [1.807, 2.05) is 18.7 Å². The lowest BCUT2D eigenvalue weighted by Gasteiger charge is -2.27. The first-order valence-electron chi connectivity index (χ1n) is 9.23. The third-order valence-electron chi connectivity index (χ3n) is 5.19. The van der Waals surface area contributed by atoms with Gasteiger partial charge in [0.15, 0.2) is 0 Å². The number of carbonyl (C=O) groups is 2. The van der Waals surface area contributed by atoms with Gasteiger partial charge in [0.1, 0.15) is 5.69 Å². The summed E-state index contributed by atoms with van der Waals surface area (Å²) < 4.78 is 1.71. The highest BCUT2D eigenvalue weighted by atomic mass is 16.2. The number of rotatable bonds is 4. The fourth-order valence-corrected chi connectivity index (χ4v) is 3.98. The highest BCUT2D eigenvalue weighted by Gasteiger charge is 2.35. The molecule has 1 aliphatic carbocycles. The highest BCUT2D eigenvalue weighted by molar-refractivity contribution is 5.93. The van der Waals surface area contributed by atoms with Gasteiger partial charge in [-0.1, -0.05) is 25.7 Å². The van der Waals surface area contributed by atoms with Gasteiger partial charge in [0, 0.05) is 25.6 Å². The van der Waals surface area contributed by atoms with Crippen molar-refractivity contribution >= 4 is 11.8 Å². The SMILES string of the molecule is CCn1nc(C)cc1C(=O)N[C@@H]1CC(=O)N(C2CCCCCC2)C1. The van der Waals surface area contributed by atoms with Crippen LogP contribution >= 0.6 is 0 Å². The maximum absolute atomic E-state index is 12.5. The average molecular weight is 332 g/mol. The zero-order chi connectivity index (χ0) is 17.1. The van der Waals surface area contributed by atoms with Crippen LogP contribution in [-0.2, 0) is 11.3 Å². The van der Waals surface area contributed by atoms with Crippen LogP contribution in [0.3, 0.4) is 0 Å². The van der Waals surface area contributed by atoms with Crippen LogP contribution < -0.4 is 5.32 Å². The van der Waals surface area contributed by atoms with Gasteiger partial charge in [-0.2, -0.15) is 5.10 Å². The number of aryl methyl sites for hydroxylation is 2. The molecule has 0 bridgehead atoms. The Bertz CT molecular complexity index is 602. The maximum Gasteiger partial charge on any atom is 0.269 e. The first-order chi connectivity index (χ1) is 11.6. The summed E-state index contributed by atoms with van der Waals surface area (Å²) in [5.41, 5.74) is 1.42. The summed E-state index contributed by atoms with van der Waals surface area (Å²) in [4.78, 5) is 26.9. The molecule has 1 saturated heterocycles. The summed E-state index contributed by atoms with van der Waals surface area (Å²) in [6.45, 7) is 5.16. The number of aromatic nitrogens is 2. The van der Waals surface area contributed by atoms with Crippen LogP contribution in [0.4, 0.5) is 0 Å². The molecule has 0 spiro atoms. The Kier molecular flexibility index (Phi) is 5.21. The Morgan fingerprint density at radius 3 is 2.67 bits per heavy atom. The van der Waals surface area contributed by atoms with Gasteiger partial charge in [-0.25, -0.2) is 0 Å². The van der Waals surface area contributed by atoms with Crippen LogP contribution in [0.25, 0.3) is 0 Å². The summed E-state index contributed by atoms with van der Waals surface area (Å²) in [5, 5.41) is 7.35. The first-order valence-corrected chi connectivity index (χ1v) is 9.23. The second-order valence-electron chi connectivity index (χ2n) is 7.05. The van der Waals surface area contributed by atoms with Crippen LogP contribution in [0.15, 0.2) is 6.07 Å². The number of hydrogen-bond acceptors (Lipinski definition) is 3. The van der Waals surface area contributed by atoms with Crippen LogP contribution in [-0.4, -0.2) is 45.1 Å². The molecule has 0 unspecified atom stereocenters. The van der Waals surface area contributed by atoms with E-state index < -0.39 is 0 Å². The van der Waals surface area contributed by atoms with E-state index in [9.17, 15) is 9.59 Å². The lowest BCUT2D eigenvalue weighted by Crippen LogP contribution is -2.41. The predicted octanol–water partition coefficient (Wildman–Crippen LogP) is 2.26. The van der Waals surface area contributed by atoms with Crippen molar-refractivity contribution in [3.05, 3.63) is 17.5 Å². The van der Waals surface area contributed by atoms with E-state index in [0.29, 0.717) is 31.2 Å². The van der Waals surface area contributed by atoms with Gasteiger partial charge in [0.2, 0.25) is 5.91 Å². The van der Waals surface area contributed by atoms with Gasteiger partial charge in [0.05, 0.1) is 11.7 Å². The number of carbonyl (C=O) groups excluding carboxylic acids is 2. The molecule has 1 aromatic rings. The number of hydrogen-bond donors (Lipinski definition) is 1. The molecule has 0 aromatic carbocycles. The Morgan fingerprint density at radius 2 is 2.00 bits per heavy atom. The minimum Gasteiger partial charge on any atom is -0.346 e. The van der Waals surface area contributed by atoms with Crippen LogP contribution in [0, 0.1) is 6.92 Å². The second-order valence-corrected chi connectivity index (χ2v) is 7.05. The maximum atomic E-state index is 12.5. The fraction of sp³-hybridized carbons (Fsp3) is 0.722. The summed E-state index contributed by atoms with van der Waals surface area (Å²) in [5.74, 6) is 0.0605. The lowest BCUT2D eigenvalue weighted by molar-refractivity contribution is -0.129. The topological polar surface area (TPSA) is 67.2 Å². The predicted molar refractivity (Wildman–Crippen MR) is 91.7 cm³/mol. The molecule has 1 saturated carbocycles. The standard InChI is InChI=1S/C18H28N4O2/c1-3-22-16(10-13(2)20-22)18(24)19-14-11-17(23)21(12-14)15-8-6-4-5-7-9-15/h10,14-15H,3-9,11-12H2,1-2H3,(H,19,24)/t14-/m1/s1. The molecule has 6 heteroatoms. The minimum atomic E-state index is -0.127. The van der Waals surface area contributed by atoms with E-state index in [0.717, 1.165) is 18.5 Å². The van der Waals surface area contributed by atoms with Gasteiger partial charge in [-0.05, 0) is 32.8 Å². The monoisotopic (exact) mass is 332 g/mol. The quantitative estimate of drug-likeness (QED) is 0.860. The summed E-state index contributed by atoms with van der Waals surface area (Å²) in [7, 11) is 0. The molecule has 1 aliphatic heterocycles. The summed E-state index contributed by atoms with van der Waals surface area (Å²) in [6, 6.07) is 2.08. The van der Waals surface area contributed by atoms with Gasteiger partial charge in [-0.15, -0.1) is 0 Å². The molecule has 3 rings (SSSR count). The number of nitrogens with zero attached hydrogens (tertiary/aromatic N) is 3. The molecule has 6 nitrogen and oxygen atoms in total. The molecule has 2 heterocycles. The van der Waals surface area contributed by atoms with Crippen molar-refractivity contribution in [2.45, 2.75) is 77.4 Å². The molecular weight excluding hydrogens is 304 g/mol. The average Bonchev–Trinajstić information content (AvgIpc) is 2.99. The van der Waals surface area contributed by atoms with Crippen molar-refractivity contribution in [1.82, 2.24) is 20.0 Å². The summed E-state index contributed by atoms with van der Waals surface area (Å²) in [6.07, 6.45) is 7.60. The second kappa shape index (κ2) is 7.36. The van der Waals surface area contributed by atoms with Crippen LogP contribution in [0.1, 0.15) is 68.1 Å². The number of amides is 2. The Hall–Kier alpha value is -1.85. The summed E-state index contributed by atoms with van der Waals surface area (Å²) >= 11 is 0. The van der Waals surface area contributed by atoms with Crippen LogP contribution in [0.2, 0.25) is 0 Å². The van der Waals surface area contributed by atoms with E-state index >= 15 is 0 Å². The van der Waals surface area contributed by atoms with Gasteiger partial charge in [-0.3, -0.25) is 14.3 Å². The van der Waals surface area contributed by atoms with Crippen molar-refractivity contribution in [3.63, 3.8) is 0 Å². The van der Waals surface area contributed by atoms with Gasteiger partial charge in [0.25, 0.3) is 5.91 Å². The van der Waals surface area contributed by atoms with E-state index in [1.165, 1.54) is 25.7 Å². The van der Waals surface area contributed by atoms with Gasteiger partial charge >= 0.3 is 0 Å². The van der Waals surface area contributed by atoms with E-state index in [1.54, 1.807) is 10.7 Å². The number of nitrogens with one attached hydrogen (secondary N) is 1. The van der Waals surface area contributed by atoms with Crippen molar-refractivity contribution < 1.29 is 9.59 Å². The highest BCUT2D eigenvalue weighted by Crippen LogP contribution is 2.26. The van der Waals surface area contributed by atoms with Crippen molar-refractivity contribution in [3.8, 4) is 0 Å². The molecule has 24 heavy (non-hydrogen) atoms. The Morgan fingerprint density at radius 1 is 1.29 bits per heavy atom. The van der Waals surface area contributed by atoms with Crippen molar-refractivity contribution in [2.75, 3.05) is 6.54 Å². The lowest BCUT2D eigenvalue weighted by atomic mass is 10.1. The van der Waals surface area contributed by atoms with E-state index in [2.05, 4.69) is 10.4 Å². The third-order valence-corrected chi connectivity index (χ3v) is 5.19. The van der Waals surface area contributed by atoms with Crippen molar-refractivity contribution in [1.29, 1.82) is 0 Å². The van der Waals surface area contributed by atoms with Crippen LogP contribution in [0.5, 0.6) is 0 Å². The normalized spacial score (nSPS) is 22.7. The molecule has 1 N–H and O–H groups in total. The number of likely N-dealkylation sites (tertiary alicyclic amines) is 1. The third kappa shape index (κ3) is 3.62. The minimum absolute atomic E-state index is 0.0891. The van der Waals surface area contributed by atoms with Gasteiger partial charge < -0.3 is 10.2 Å². The molecule has 2 amide bonds. The molecule has 132 valence electrons. The molecule has 1 atom stereocenters. The first kappa shape index (κ1) is 17.0. The molecule has 0 radical (unpaired) electrons. The smallest absolute Gasteiger partial charge is 0.269 e. The Balaban J connectivity index is 1.62. The molecule has 2 aliphatic rings. The zero-order valence-corrected chi connectivity index (χ0v) is 14.8. The van der Waals surface area contributed by atoms with Crippen molar-refractivity contribution in [2.24, 2.45) is 0 Å². The molecule has 2 fully saturated rings. The Labute approximate surface area is 143 Å². The van der Waals surface area contributed by atoms with E-state index in [4.69, 9.17) is 0 Å². The molecule has 1 aromatic heterocycles. The van der Waals surface area contributed by atoms with E-state index in [-0.39, 0.29) is 17.9 Å². The fourth-order valence-electron chi connectivity index (χ4n) is 3.98.